The van der Waals surface area contributed by atoms with Crippen molar-refractivity contribution in [3.05, 3.63) is 54.1 Å². The predicted molar refractivity (Wildman–Crippen MR) is 94.2 cm³/mol. The molecule has 0 unspecified atom stereocenters. The van der Waals surface area contributed by atoms with Crippen LogP contribution in [0.3, 0.4) is 0 Å². The summed E-state index contributed by atoms with van der Waals surface area (Å²) in [6, 6.07) is 12.9. The van der Waals surface area contributed by atoms with Gasteiger partial charge in [0.05, 0.1) is 22.0 Å². The maximum absolute atomic E-state index is 12.4. The van der Waals surface area contributed by atoms with Gasteiger partial charge in [0, 0.05) is 6.54 Å². The Morgan fingerprint density at radius 3 is 2.42 bits per heavy atom. The van der Waals surface area contributed by atoms with Gasteiger partial charge in [-0.2, -0.15) is 0 Å². The van der Waals surface area contributed by atoms with Crippen molar-refractivity contribution in [2.75, 3.05) is 21.3 Å². The van der Waals surface area contributed by atoms with E-state index in [9.17, 15) is 16.8 Å². The SMILES string of the molecule is Cc1ccc(S(=O)(=O)Nc2cccc(N3CCCS3(=O)=O)c2)cc1. The number of hydrogen-bond acceptors (Lipinski definition) is 4. The second-order valence-corrected chi connectivity index (χ2v) is 9.41. The molecule has 8 heteroatoms. The van der Waals surface area contributed by atoms with E-state index in [4.69, 9.17) is 0 Å². The van der Waals surface area contributed by atoms with Crippen LogP contribution < -0.4 is 9.03 Å². The van der Waals surface area contributed by atoms with E-state index in [0.29, 0.717) is 24.3 Å². The largest absolute Gasteiger partial charge is 0.280 e. The van der Waals surface area contributed by atoms with Gasteiger partial charge in [0.2, 0.25) is 10.0 Å². The third-order valence-electron chi connectivity index (χ3n) is 3.82. The molecule has 0 aliphatic carbocycles. The minimum absolute atomic E-state index is 0.117. The van der Waals surface area contributed by atoms with Gasteiger partial charge in [-0.05, 0) is 43.7 Å². The summed E-state index contributed by atoms with van der Waals surface area (Å²) in [5.74, 6) is 0.117. The molecule has 128 valence electrons. The Balaban J connectivity index is 1.88. The fraction of sp³-hybridized carbons (Fsp3) is 0.250. The van der Waals surface area contributed by atoms with E-state index in [-0.39, 0.29) is 10.6 Å². The molecule has 0 radical (unpaired) electrons. The number of sulfonamides is 2. The summed E-state index contributed by atoms with van der Waals surface area (Å²) in [5, 5.41) is 0. The second-order valence-electron chi connectivity index (χ2n) is 5.71. The third-order valence-corrected chi connectivity index (χ3v) is 7.08. The number of hydrogen-bond donors (Lipinski definition) is 1. The smallest absolute Gasteiger partial charge is 0.261 e. The molecule has 0 atom stereocenters. The Hall–Kier alpha value is -2.06. The zero-order chi connectivity index (χ0) is 17.4. The van der Waals surface area contributed by atoms with Gasteiger partial charge in [-0.15, -0.1) is 0 Å². The lowest BCUT2D eigenvalue weighted by Crippen LogP contribution is -2.25. The molecular formula is C16H18N2O4S2. The monoisotopic (exact) mass is 366 g/mol. The molecule has 0 aromatic heterocycles. The average Bonchev–Trinajstić information content (AvgIpc) is 2.87. The summed E-state index contributed by atoms with van der Waals surface area (Å²) in [7, 11) is -7.02. The summed E-state index contributed by atoms with van der Waals surface area (Å²) < 4.78 is 52.7. The summed E-state index contributed by atoms with van der Waals surface area (Å²) >= 11 is 0. The second kappa shape index (κ2) is 6.10. The van der Waals surface area contributed by atoms with E-state index in [1.165, 1.54) is 22.5 Å². The van der Waals surface area contributed by atoms with Crippen molar-refractivity contribution in [3.63, 3.8) is 0 Å². The van der Waals surface area contributed by atoms with Gasteiger partial charge in [-0.25, -0.2) is 16.8 Å². The number of aryl methyl sites for hydroxylation is 1. The van der Waals surface area contributed by atoms with Crippen LogP contribution in [0.1, 0.15) is 12.0 Å². The quantitative estimate of drug-likeness (QED) is 0.900. The molecule has 1 saturated heterocycles. The Bertz CT molecular complexity index is 952. The van der Waals surface area contributed by atoms with Crippen LogP contribution in [0.15, 0.2) is 53.4 Å². The molecule has 24 heavy (non-hydrogen) atoms. The van der Waals surface area contributed by atoms with Crippen LogP contribution in [0.2, 0.25) is 0 Å². The van der Waals surface area contributed by atoms with Crippen molar-refractivity contribution in [2.45, 2.75) is 18.2 Å². The molecule has 2 aromatic carbocycles. The Kier molecular flexibility index (Phi) is 4.27. The molecule has 1 fully saturated rings. The first-order valence-electron chi connectivity index (χ1n) is 7.48. The van der Waals surface area contributed by atoms with Gasteiger partial charge in [-0.3, -0.25) is 9.03 Å². The van der Waals surface area contributed by atoms with E-state index in [0.717, 1.165) is 5.56 Å². The predicted octanol–water partition coefficient (Wildman–Crippen LogP) is 2.34. The van der Waals surface area contributed by atoms with Gasteiger partial charge >= 0.3 is 0 Å². The van der Waals surface area contributed by atoms with Crippen LogP contribution in [0.25, 0.3) is 0 Å². The lowest BCUT2D eigenvalue weighted by atomic mass is 10.2. The molecule has 0 bridgehead atoms. The van der Waals surface area contributed by atoms with E-state index in [2.05, 4.69) is 4.72 Å². The molecule has 0 amide bonds. The number of nitrogens with one attached hydrogen (secondary N) is 1. The normalized spacial score (nSPS) is 17.0. The Morgan fingerprint density at radius 2 is 1.79 bits per heavy atom. The maximum Gasteiger partial charge on any atom is 0.261 e. The van der Waals surface area contributed by atoms with E-state index >= 15 is 0 Å². The standard InChI is InChI=1S/C16H18N2O4S2/c1-13-6-8-16(9-7-13)24(21,22)17-14-4-2-5-15(12-14)18-10-3-11-23(18,19)20/h2,4-9,12,17H,3,10-11H2,1H3. The molecule has 1 N–H and O–H groups in total. The van der Waals surface area contributed by atoms with Gasteiger partial charge in [0.1, 0.15) is 0 Å². The molecular weight excluding hydrogens is 348 g/mol. The number of anilines is 2. The van der Waals surface area contributed by atoms with Crippen molar-refractivity contribution in [1.82, 2.24) is 0 Å². The molecule has 2 aromatic rings. The van der Waals surface area contributed by atoms with E-state index in [1.54, 1.807) is 30.3 Å². The van der Waals surface area contributed by atoms with Gasteiger partial charge in [-0.1, -0.05) is 23.8 Å². The summed E-state index contributed by atoms with van der Waals surface area (Å²) in [4.78, 5) is 0.160. The highest BCUT2D eigenvalue weighted by atomic mass is 32.2. The third kappa shape index (κ3) is 3.39. The molecule has 1 heterocycles. The lowest BCUT2D eigenvalue weighted by Gasteiger charge is -2.18. The van der Waals surface area contributed by atoms with Crippen LogP contribution in [0, 0.1) is 6.92 Å². The topological polar surface area (TPSA) is 83.6 Å². The first-order chi connectivity index (χ1) is 11.3. The highest BCUT2D eigenvalue weighted by Crippen LogP contribution is 2.27. The average molecular weight is 366 g/mol. The minimum atomic E-state index is -3.72. The first kappa shape index (κ1) is 16.8. The number of rotatable bonds is 4. The maximum atomic E-state index is 12.4. The summed E-state index contributed by atoms with van der Waals surface area (Å²) in [6.45, 7) is 2.29. The highest BCUT2D eigenvalue weighted by molar-refractivity contribution is 7.93. The molecule has 6 nitrogen and oxygen atoms in total. The van der Waals surface area contributed by atoms with Crippen LogP contribution >= 0.6 is 0 Å². The molecule has 1 aliphatic rings. The number of nitrogens with zero attached hydrogens (tertiary/aromatic N) is 1. The van der Waals surface area contributed by atoms with E-state index < -0.39 is 20.0 Å². The molecule has 0 spiro atoms. The zero-order valence-electron chi connectivity index (χ0n) is 13.1. The van der Waals surface area contributed by atoms with Crippen molar-refractivity contribution in [1.29, 1.82) is 0 Å². The zero-order valence-corrected chi connectivity index (χ0v) is 14.8. The first-order valence-corrected chi connectivity index (χ1v) is 10.6. The molecule has 0 saturated carbocycles. The van der Waals surface area contributed by atoms with Crippen molar-refractivity contribution in [2.24, 2.45) is 0 Å². The lowest BCUT2D eigenvalue weighted by molar-refractivity contribution is 0.598. The van der Waals surface area contributed by atoms with Crippen LogP contribution in [0.5, 0.6) is 0 Å². The molecule has 1 aliphatic heterocycles. The summed E-state index contributed by atoms with van der Waals surface area (Å²) in [5.41, 5.74) is 1.77. The van der Waals surface area contributed by atoms with Gasteiger partial charge in [0.15, 0.2) is 0 Å². The number of benzene rings is 2. The Morgan fingerprint density at radius 1 is 1.08 bits per heavy atom. The van der Waals surface area contributed by atoms with Crippen LogP contribution in [-0.2, 0) is 20.0 Å². The van der Waals surface area contributed by atoms with Gasteiger partial charge in [0.25, 0.3) is 10.0 Å². The van der Waals surface area contributed by atoms with Crippen molar-refractivity contribution < 1.29 is 16.8 Å². The minimum Gasteiger partial charge on any atom is -0.280 e. The summed E-state index contributed by atoms with van der Waals surface area (Å²) in [6.07, 6.45) is 0.571. The highest BCUT2D eigenvalue weighted by Gasteiger charge is 2.28. The van der Waals surface area contributed by atoms with Crippen molar-refractivity contribution >= 4 is 31.4 Å². The van der Waals surface area contributed by atoms with Crippen LogP contribution in [0.4, 0.5) is 11.4 Å². The van der Waals surface area contributed by atoms with Crippen molar-refractivity contribution in [3.8, 4) is 0 Å². The Labute approximate surface area is 142 Å². The van der Waals surface area contributed by atoms with Gasteiger partial charge < -0.3 is 0 Å². The fourth-order valence-corrected chi connectivity index (χ4v) is 5.19. The van der Waals surface area contributed by atoms with E-state index in [1.807, 2.05) is 6.92 Å². The van der Waals surface area contributed by atoms with Crippen LogP contribution in [-0.4, -0.2) is 29.1 Å². The fourth-order valence-electron chi connectivity index (χ4n) is 2.59. The molecule has 3 rings (SSSR count).